The van der Waals surface area contributed by atoms with Gasteiger partial charge >= 0.3 is 12.1 Å². The Morgan fingerprint density at radius 1 is 1.38 bits per heavy atom. The Kier molecular flexibility index (Phi) is 3.76. The summed E-state index contributed by atoms with van der Waals surface area (Å²) < 4.78 is 39.7. The SMILES string of the molecule is Nc1cccc(C(=O)OCCC(F)(F)F)c1. The van der Waals surface area contributed by atoms with Crippen LogP contribution in [-0.4, -0.2) is 18.8 Å². The van der Waals surface area contributed by atoms with Gasteiger partial charge in [-0.25, -0.2) is 4.79 Å². The fourth-order valence-electron chi connectivity index (χ4n) is 1.01. The van der Waals surface area contributed by atoms with Crippen molar-refractivity contribution >= 4 is 11.7 Å². The molecule has 88 valence electrons. The summed E-state index contributed by atoms with van der Waals surface area (Å²) in [5.74, 6) is -0.809. The molecule has 0 aliphatic carbocycles. The number of carbonyl (C=O) groups is 1. The number of rotatable bonds is 3. The fraction of sp³-hybridized carbons (Fsp3) is 0.300. The van der Waals surface area contributed by atoms with E-state index in [1.165, 1.54) is 18.2 Å². The fourth-order valence-corrected chi connectivity index (χ4v) is 1.01. The highest BCUT2D eigenvalue weighted by molar-refractivity contribution is 5.90. The number of ether oxygens (including phenoxy) is 1. The first-order valence-corrected chi connectivity index (χ1v) is 4.48. The van der Waals surface area contributed by atoms with Crippen LogP contribution in [0.15, 0.2) is 24.3 Å². The van der Waals surface area contributed by atoms with Crippen LogP contribution >= 0.6 is 0 Å². The van der Waals surface area contributed by atoms with E-state index in [1.807, 2.05) is 0 Å². The molecule has 3 nitrogen and oxygen atoms in total. The molecule has 6 heteroatoms. The molecule has 0 amide bonds. The quantitative estimate of drug-likeness (QED) is 0.644. The second-order valence-corrected chi connectivity index (χ2v) is 3.13. The number of alkyl halides is 3. The van der Waals surface area contributed by atoms with E-state index >= 15 is 0 Å². The van der Waals surface area contributed by atoms with Crippen molar-refractivity contribution in [2.45, 2.75) is 12.6 Å². The average molecular weight is 233 g/mol. The van der Waals surface area contributed by atoms with Gasteiger partial charge in [0.1, 0.15) is 6.61 Å². The largest absolute Gasteiger partial charge is 0.462 e. The van der Waals surface area contributed by atoms with Gasteiger partial charge in [-0.1, -0.05) is 6.07 Å². The van der Waals surface area contributed by atoms with Crippen LogP contribution in [-0.2, 0) is 4.74 Å². The summed E-state index contributed by atoms with van der Waals surface area (Å²) in [6.07, 6.45) is -5.48. The number of nitrogen functional groups attached to an aromatic ring is 1. The molecule has 1 aromatic carbocycles. The Morgan fingerprint density at radius 3 is 2.62 bits per heavy atom. The van der Waals surface area contributed by atoms with Gasteiger partial charge in [0.25, 0.3) is 0 Å². The van der Waals surface area contributed by atoms with E-state index in [0.29, 0.717) is 5.69 Å². The molecule has 0 spiro atoms. The molecular weight excluding hydrogens is 223 g/mol. The van der Waals surface area contributed by atoms with Gasteiger partial charge in [0.05, 0.1) is 12.0 Å². The minimum absolute atomic E-state index is 0.141. The number of benzene rings is 1. The van der Waals surface area contributed by atoms with E-state index in [2.05, 4.69) is 4.74 Å². The third-order valence-corrected chi connectivity index (χ3v) is 1.74. The number of carbonyl (C=O) groups excluding carboxylic acids is 1. The molecular formula is C10H10F3NO2. The summed E-state index contributed by atoms with van der Waals surface area (Å²) in [5.41, 5.74) is 5.90. The topological polar surface area (TPSA) is 52.3 Å². The van der Waals surface area contributed by atoms with Crippen molar-refractivity contribution in [3.63, 3.8) is 0 Å². The van der Waals surface area contributed by atoms with Crippen LogP contribution in [0.5, 0.6) is 0 Å². The summed E-state index contributed by atoms with van der Waals surface area (Å²) in [7, 11) is 0. The van der Waals surface area contributed by atoms with E-state index in [-0.39, 0.29) is 5.56 Å². The van der Waals surface area contributed by atoms with Gasteiger partial charge in [-0.05, 0) is 18.2 Å². The molecule has 0 radical (unpaired) electrons. The van der Waals surface area contributed by atoms with E-state index < -0.39 is 25.2 Å². The van der Waals surface area contributed by atoms with Gasteiger partial charge in [0, 0.05) is 5.69 Å². The predicted octanol–water partition coefficient (Wildman–Crippen LogP) is 2.38. The first-order chi connectivity index (χ1) is 7.38. The monoisotopic (exact) mass is 233 g/mol. The number of nitrogens with two attached hydrogens (primary N) is 1. The normalized spacial score (nSPS) is 11.2. The molecule has 0 bridgehead atoms. The number of hydrogen-bond acceptors (Lipinski definition) is 3. The van der Waals surface area contributed by atoms with Gasteiger partial charge in [-0.15, -0.1) is 0 Å². The number of halogens is 3. The summed E-state index contributed by atoms with van der Waals surface area (Å²) in [6.45, 7) is -0.683. The van der Waals surface area contributed by atoms with Gasteiger partial charge in [0.15, 0.2) is 0 Å². The van der Waals surface area contributed by atoms with Crippen molar-refractivity contribution in [3.05, 3.63) is 29.8 Å². The Labute approximate surface area is 90.0 Å². The van der Waals surface area contributed by atoms with Crippen molar-refractivity contribution in [2.24, 2.45) is 0 Å². The first-order valence-electron chi connectivity index (χ1n) is 4.48. The van der Waals surface area contributed by atoms with E-state index in [4.69, 9.17) is 5.73 Å². The molecule has 0 saturated carbocycles. The number of esters is 1. The molecule has 16 heavy (non-hydrogen) atoms. The molecule has 0 fully saturated rings. The molecule has 2 N–H and O–H groups in total. The van der Waals surface area contributed by atoms with Crippen LogP contribution < -0.4 is 5.73 Å². The summed E-state index contributed by atoms with van der Waals surface area (Å²) in [6, 6.07) is 5.85. The second-order valence-electron chi connectivity index (χ2n) is 3.13. The molecule has 0 aliphatic rings. The molecule has 0 saturated heterocycles. The minimum atomic E-state index is -4.32. The van der Waals surface area contributed by atoms with Crippen molar-refractivity contribution in [2.75, 3.05) is 12.3 Å². The van der Waals surface area contributed by atoms with Gasteiger partial charge < -0.3 is 10.5 Å². The highest BCUT2D eigenvalue weighted by Gasteiger charge is 2.27. The molecule has 0 unspecified atom stereocenters. The Hall–Kier alpha value is -1.72. The lowest BCUT2D eigenvalue weighted by molar-refractivity contribution is -0.141. The Bertz CT molecular complexity index is 377. The maximum absolute atomic E-state index is 11.8. The van der Waals surface area contributed by atoms with Gasteiger partial charge in [-0.3, -0.25) is 0 Å². The molecule has 0 aromatic heterocycles. The standard InChI is InChI=1S/C10H10F3NO2/c11-10(12,13)4-5-16-9(15)7-2-1-3-8(14)6-7/h1-3,6H,4-5,14H2. The molecule has 1 aromatic rings. The number of anilines is 1. The Morgan fingerprint density at radius 2 is 2.06 bits per heavy atom. The summed E-state index contributed by atoms with van der Waals surface area (Å²) in [5, 5.41) is 0. The average Bonchev–Trinajstić information content (AvgIpc) is 2.15. The third-order valence-electron chi connectivity index (χ3n) is 1.74. The lowest BCUT2D eigenvalue weighted by Crippen LogP contribution is -2.14. The van der Waals surface area contributed by atoms with E-state index in [9.17, 15) is 18.0 Å². The molecule has 1 rings (SSSR count). The maximum atomic E-state index is 11.8. The summed E-state index contributed by atoms with van der Waals surface area (Å²) >= 11 is 0. The van der Waals surface area contributed by atoms with Crippen LogP contribution in [0.3, 0.4) is 0 Å². The first kappa shape index (κ1) is 12.4. The highest BCUT2D eigenvalue weighted by Crippen LogP contribution is 2.19. The Balaban J connectivity index is 2.47. The van der Waals surface area contributed by atoms with Gasteiger partial charge in [0.2, 0.25) is 0 Å². The smallest absolute Gasteiger partial charge is 0.392 e. The lowest BCUT2D eigenvalue weighted by atomic mass is 10.2. The molecule has 0 heterocycles. The van der Waals surface area contributed by atoms with E-state index in [1.54, 1.807) is 6.07 Å². The van der Waals surface area contributed by atoms with Crippen molar-refractivity contribution in [1.82, 2.24) is 0 Å². The van der Waals surface area contributed by atoms with Crippen LogP contribution in [0.1, 0.15) is 16.8 Å². The summed E-state index contributed by atoms with van der Waals surface area (Å²) in [4.78, 5) is 11.2. The zero-order valence-electron chi connectivity index (χ0n) is 8.25. The van der Waals surface area contributed by atoms with Crippen LogP contribution in [0.4, 0.5) is 18.9 Å². The zero-order valence-corrected chi connectivity index (χ0v) is 8.25. The van der Waals surface area contributed by atoms with Crippen molar-refractivity contribution in [1.29, 1.82) is 0 Å². The third kappa shape index (κ3) is 4.20. The van der Waals surface area contributed by atoms with E-state index in [0.717, 1.165) is 0 Å². The zero-order chi connectivity index (χ0) is 12.2. The molecule has 0 aliphatic heterocycles. The number of hydrogen-bond donors (Lipinski definition) is 1. The van der Waals surface area contributed by atoms with Crippen molar-refractivity contribution in [3.8, 4) is 0 Å². The maximum Gasteiger partial charge on any atom is 0.392 e. The second kappa shape index (κ2) is 4.87. The highest BCUT2D eigenvalue weighted by atomic mass is 19.4. The van der Waals surface area contributed by atoms with Crippen molar-refractivity contribution < 1.29 is 22.7 Å². The van der Waals surface area contributed by atoms with Gasteiger partial charge in [-0.2, -0.15) is 13.2 Å². The predicted molar refractivity (Wildman–Crippen MR) is 51.8 cm³/mol. The lowest BCUT2D eigenvalue weighted by Gasteiger charge is -2.07. The van der Waals surface area contributed by atoms with Crippen LogP contribution in [0.25, 0.3) is 0 Å². The van der Waals surface area contributed by atoms with Crippen LogP contribution in [0.2, 0.25) is 0 Å². The minimum Gasteiger partial charge on any atom is -0.462 e. The molecule has 0 atom stereocenters. The van der Waals surface area contributed by atoms with Crippen LogP contribution in [0, 0.1) is 0 Å².